The van der Waals surface area contributed by atoms with Gasteiger partial charge in [0.25, 0.3) is 5.91 Å². The van der Waals surface area contributed by atoms with Gasteiger partial charge in [-0.2, -0.15) is 0 Å². The molecule has 1 aromatic rings. The van der Waals surface area contributed by atoms with Crippen LogP contribution in [0.4, 0.5) is 5.82 Å². The van der Waals surface area contributed by atoms with Crippen LogP contribution >= 0.6 is 11.6 Å². The van der Waals surface area contributed by atoms with E-state index in [0.29, 0.717) is 16.5 Å². The average Bonchev–Trinajstić information content (AvgIpc) is 2.24. The summed E-state index contributed by atoms with van der Waals surface area (Å²) in [5, 5.41) is 4.97. The van der Waals surface area contributed by atoms with E-state index in [2.05, 4.69) is 22.7 Å². The molecule has 0 bridgehead atoms. The molecule has 1 rings (SSSR count). The molecule has 17 heavy (non-hydrogen) atoms. The number of anilines is 1. The summed E-state index contributed by atoms with van der Waals surface area (Å²) < 4.78 is 0. The van der Waals surface area contributed by atoms with Gasteiger partial charge in [-0.3, -0.25) is 10.2 Å². The molecule has 0 aliphatic rings. The van der Waals surface area contributed by atoms with Crippen molar-refractivity contribution in [1.29, 1.82) is 0 Å². The number of aromatic nitrogens is 1. The zero-order valence-corrected chi connectivity index (χ0v) is 11.0. The Morgan fingerprint density at radius 2 is 2.18 bits per heavy atom. The minimum Gasteiger partial charge on any atom is -0.370 e. The van der Waals surface area contributed by atoms with Crippen LogP contribution in [0.25, 0.3) is 0 Å². The number of carbonyl (C=O) groups excluding carboxylic acids is 1. The van der Waals surface area contributed by atoms with E-state index in [4.69, 9.17) is 11.6 Å². The quantitative estimate of drug-likeness (QED) is 0.623. The van der Waals surface area contributed by atoms with Crippen molar-refractivity contribution < 1.29 is 4.79 Å². The number of hydrogen-bond acceptors (Lipinski definition) is 4. The van der Waals surface area contributed by atoms with Crippen LogP contribution < -0.4 is 10.7 Å². The summed E-state index contributed by atoms with van der Waals surface area (Å²) in [4.78, 5) is 15.9. The number of pyridine rings is 1. The van der Waals surface area contributed by atoms with Crippen LogP contribution in [-0.2, 0) is 0 Å². The molecular weight excluding hydrogens is 240 g/mol. The number of rotatable bonds is 5. The topological polar surface area (TPSA) is 57.3 Å². The first-order valence-electron chi connectivity index (χ1n) is 5.42. The van der Waals surface area contributed by atoms with Crippen molar-refractivity contribution in [1.82, 2.24) is 15.4 Å². The summed E-state index contributed by atoms with van der Waals surface area (Å²) in [7, 11) is 3.49. The first-order valence-corrected chi connectivity index (χ1v) is 5.80. The number of hydrazine groups is 1. The van der Waals surface area contributed by atoms with Gasteiger partial charge in [-0.1, -0.05) is 18.5 Å². The predicted molar refractivity (Wildman–Crippen MR) is 69.2 cm³/mol. The molecule has 1 amide bonds. The predicted octanol–water partition coefficient (Wildman–Crippen LogP) is 1.76. The second kappa shape index (κ2) is 6.42. The van der Waals surface area contributed by atoms with Crippen LogP contribution in [0.5, 0.6) is 0 Å². The molecule has 0 aliphatic carbocycles. The number of amides is 1. The van der Waals surface area contributed by atoms with Crippen LogP contribution in [0.15, 0.2) is 12.1 Å². The van der Waals surface area contributed by atoms with Crippen LogP contribution in [0.2, 0.25) is 5.15 Å². The lowest BCUT2D eigenvalue weighted by Crippen LogP contribution is -2.36. The summed E-state index contributed by atoms with van der Waals surface area (Å²) in [5.74, 6) is 0.405. The fourth-order valence-electron chi connectivity index (χ4n) is 1.24. The van der Waals surface area contributed by atoms with E-state index >= 15 is 0 Å². The van der Waals surface area contributed by atoms with E-state index in [0.717, 1.165) is 13.0 Å². The fourth-order valence-corrected chi connectivity index (χ4v) is 1.45. The van der Waals surface area contributed by atoms with Crippen LogP contribution in [0.1, 0.15) is 23.7 Å². The highest BCUT2D eigenvalue weighted by Gasteiger charge is 2.09. The van der Waals surface area contributed by atoms with Crippen molar-refractivity contribution in [2.24, 2.45) is 0 Å². The molecule has 5 nitrogen and oxygen atoms in total. The maximum absolute atomic E-state index is 11.8. The Morgan fingerprint density at radius 3 is 2.76 bits per heavy atom. The van der Waals surface area contributed by atoms with E-state index in [1.807, 2.05) is 0 Å². The summed E-state index contributed by atoms with van der Waals surface area (Å²) in [5.41, 5.74) is 3.13. The first kappa shape index (κ1) is 13.7. The molecule has 94 valence electrons. The molecule has 1 aromatic heterocycles. The Labute approximate surface area is 106 Å². The Balaban J connectivity index is 2.84. The smallest absolute Gasteiger partial charge is 0.265 e. The highest BCUT2D eigenvalue weighted by atomic mass is 35.5. The summed E-state index contributed by atoms with van der Waals surface area (Å²) in [6, 6.07) is 3.22. The lowest BCUT2D eigenvalue weighted by Gasteiger charge is -2.12. The SMILES string of the molecule is CCCNc1cc(C(=O)NN(C)C)cc(Cl)n1. The summed E-state index contributed by atoms with van der Waals surface area (Å²) >= 11 is 5.86. The maximum Gasteiger partial charge on any atom is 0.265 e. The third-order valence-corrected chi connectivity index (χ3v) is 2.13. The third kappa shape index (κ3) is 4.58. The van der Waals surface area contributed by atoms with Gasteiger partial charge < -0.3 is 5.32 Å². The second-order valence-electron chi connectivity index (χ2n) is 3.83. The van der Waals surface area contributed by atoms with Crippen molar-refractivity contribution in [3.8, 4) is 0 Å². The van der Waals surface area contributed by atoms with E-state index < -0.39 is 0 Å². The normalized spacial score (nSPS) is 10.4. The molecule has 0 unspecified atom stereocenters. The molecule has 0 saturated carbocycles. The maximum atomic E-state index is 11.8. The van der Waals surface area contributed by atoms with E-state index in [-0.39, 0.29) is 5.91 Å². The van der Waals surface area contributed by atoms with Crippen molar-refractivity contribution >= 4 is 23.3 Å². The van der Waals surface area contributed by atoms with Crippen molar-refractivity contribution in [3.63, 3.8) is 0 Å². The lowest BCUT2D eigenvalue weighted by atomic mass is 10.2. The van der Waals surface area contributed by atoms with Gasteiger partial charge in [-0.05, 0) is 18.6 Å². The zero-order valence-electron chi connectivity index (χ0n) is 10.2. The van der Waals surface area contributed by atoms with Gasteiger partial charge in [0.05, 0.1) is 0 Å². The van der Waals surface area contributed by atoms with E-state index in [1.54, 1.807) is 25.2 Å². The Hall–Kier alpha value is -1.33. The Bertz CT molecular complexity index is 395. The van der Waals surface area contributed by atoms with Crippen LogP contribution in [-0.4, -0.2) is 36.5 Å². The molecule has 0 fully saturated rings. The largest absolute Gasteiger partial charge is 0.370 e. The Kier molecular flexibility index (Phi) is 5.18. The molecule has 6 heteroatoms. The summed E-state index contributed by atoms with van der Waals surface area (Å²) in [6.07, 6.45) is 0.980. The molecular formula is C11H17ClN4O. The van der Waals surface area contributed by atoms with Gasteiger partial charge in [-0.25, -0.2) is 9.99 Å². The van der Waals surface area contributed by atoms with Gasteiger partial charge in [0, 0.05) is 26.2 Å². The number of nitrogens with zero attached hydrogens (tertiary/aromatic N) is 2. The van der Waals surface area contributed by atoms with Gasteiger partial charge in [-0.15, -0.1) is 0 Å². The van der Waals surface area contributed by atoms with Gasteiger partial charge >= 0.3 is 0 Å². The molecule has 2 N–H and O–H groups in total. The highest BCUT2D eigenvalue weighted by molar-refractivity contribution is 6.29. The van der Waals surface area contributed by atoms with Crippen molar-refractivity contribution in [2.75, 3.05) is 26.0 Å². The van der Waals surface area contributed by atoms with Gasteiger partial charge in [0.2, 0.25) is 0 Å². The second-order valence-corrected chi connectivity index (χ2v) is 4.21. The Morgan fingerprint density at radius 1 is 1.47 bits per heavy atom. The van der Waals surface area contributed by atoms with Crippen LogP contribution in [0.3, 0.4) is 0 Å². The lowest BCUT2D eigenvalue weighted by molar-refractivity contribution is 0.0857. The molecule has 0 saturated heterocycles. The molecule has 0 spiro atoms. The standard InChI is InChI=1S/C11H17ClN4O/c1-4-5-13-10-7-8(6-9(12)14-10)11(17)15-16(2)3/h6-7H,4-5H2,1-3H3,(H,13,14)(H,15,17). The van der Waals surface area contributed by atoms with Crippen molar-refractivity contribution in [2.45, 2.75) is 13.3 Å². The fraction of sp³-hybridized carbons (Fsp3) is 0.455. The van der Waals surface area contributed by atoms with E-state index in [9.17, 15) is 4.79 Å². The monoisotopic (exact) mass is 256 g/mol. The highest BCUT2D eigenvalue weighted by Crippen LogP contribution is 2.14. The molecule has 0 atom stereocenters. The molecule has 0 aromatic carbocycles. The summed E-state index contributed by atoms with van der Waals surface area (Å²) in [6.45, 7) is 2.85. The van der Waals surface area contributed by atoms with Crippen molar-refractivity contribution in [3.05, 3.63) is 22.8 Å². The number of hydrogen-bond donors (Lipinski definition) is 2. The van der Waals surface area contributed by atoms with Crippen LogP contribution in [0, 0.1) is 0 Å². The number of halogens is 1. The van der Waals surface area contributed by atoms with E-state index in [1.165, 1.54) is 6.07 Å². The van der Waals surface area contributed by atoms with Gasteiger partial charge in [0.1, 0.15) is 11.0 Å². The molecule has 0 aliphatic heterocycles. The minimum absolute atomic E-state index is 0.209. The molecule has 1 heterocycles. The molecule has 0 radical (unpaired) electrons. The zero-order chi connectivity index (χ0) is 12.8. The first-order chi connectivity index (χ1) is 8.02. The average molecular weight is 257 g/mol. The number of carbonyl (C=O) groups is 1. The van der Waals surface area contributed by atoms with Gasteiger partial charge in [0.15, 0.2) is 0 Å². The minimum atomic E-state index is -0.209. The third-order valence-electron chi connectivity index (χ3n) is 1.94. The number of nitrogens with one attached hydrogen (secondary N) is 2.